The van der Waals surface area contributed by atoms with Crippen molar-refractivity contribution in [3.05, 3.63) is 0 Å². The van der Waals surface area contributed by atoms with E-state index in [0.717, 1.165) is 13.0 Å². The minimum Gasteiger partial charge on any atom is -0.350 e. The number of amides is 1. The van der Waals surface area contributed by atoms with Gasteiger partial charge in [0.2, 0.25) is 5.91 Å². The summed E-state index contributed by atoms with van der Waals surface area (Å²) in [5.41, 5.74) is 5.84. The van der Waals surface area contributed by atoms with Crippen molar-refractivity contribution >= 4 is 30.7 Å². The van der Waals surface area contributed by atoms with Gasteiger partial charge in [0.1, 0.15) is 0 Å². The number of fused-ring (bicyclic) bond motifs is 1. The molecule has 2 fully saturated rings. The first kappa shape index (κ1) is 20.0. The molecule has 20 heavy (non-hydrogen) atoms. The minimum atomic E-state index is -0.421. The Morgan fingerprint density at radius 2 is 1.85 bits per heavy atom. The molecule has 3 N–H and O–H groups in total. The highest BCUT2D eigenvalue weighted by Gasteiger charge is 2.38. The number of hydrogen-bond acceptors (Lipinski definition) is 3. The van der Waals surface area contributed by atoms with Gasteiger partial charge in [0.15, 0.2) is 0 Å². The Morgan fingerprint density at radius 1 is 1.20 bits per heavy atom. The van der Waals surface area contributed by atoms with Gasteiger partial charge < -0.3 is 11.1 Å². The number of piperidine rings is 1. The first-order valence-electron chi connectivity index (χ1n) is 7.19. The van der Waals surface area contributed by atoms with E-state index in [1.54, 1.807) is 0 Å². The molecule has 2 aliphatic heterocycles. The number of carbonyl (C=O) groups excluding carboxylic acids is 1. The van der Waals surface area contributed by atoms with E-state index in [4.69, 9.17) is 5.73 Å². The number of nitrogens with one attached hydrogen (secondary N) is 1. The fourth-order valence-corrected chi connectivity index (χ4v) is 3.08. The van der Waals surface area contributed by atoms with Crippen LogP contribution in [0.2, 0.25) is 0 Å². The van der Waals surface area contributed by atoms with Gasteiger partial charge in [-0.2, -0.15) is 0 Å². The molecule has 0 bridgehead atoms. The van der Waals surface area contributed by atoms with E-state index >= 15 is 0 Å². The summed E-state index contributed by atoms with van der Waals surface area (Å²) in [7, 11) is 0. The van der Waals surface area contributed by atoms with Crippen LogP contribution < -0.4 is 11.1 Å². The average molecular weight is 326 g/mol. The van der Waals surface area contributed by atoms with Crippen LogP contribution in [0.5, 0.6) is 0 Å². The maximum atomic E-state index is 12.2. The first-order valence-corrected chi connectivity index (χ1v) is 7.19. The highest BCUT2D eigenvalue weighted by molar-refractivity contribution is 5.85. The smallest absolute Gasteiger partial charge is 0.237 e. The van der Waals surface area contributed by atoms with Crippen LogP contribution in [0.4, 0.5) is 0 Å². The summed E-state index contributed by atoms with van der Waals surface area (Å²) in [5.74, 6) is 0.0138. The molecule has 2 saturated heterocycles. The zero-order chi connectivity index (χ0) is 13.3. The number of hydrogen-bond donors (Lipinski definition) is 2. The van der Waals surface area contributed by atoms with Gasteiger partial charge in [-0.3, -0.25) is 9.69 Å². The molecule has 0 radical (unpaired) electrons. The normalized spacial score (nSPS) is 27.8. The molecular formula is C14H29Cl2N3O. The summed E-state index contributed by atoms with van der Waals surface area (Å²) in [6, 6.07) is 0.441. The van der Waals surface area contributed by atoms with Gasteiger partial charge in [-0.1, -0.05) is 27.2 Å². The first-order chi connectivity index (χ1) is 8.39. The predicted octanol–water partition coefficient (Wildman–Crippen LogP) is 1.95. The number of nitrogens with zero attached hydrogens (tertiary/aromatic N) is 1. The number of carbonyl (C=O) groups is 1. The fraction of sp³-hybridized carbons (Fsp3) is 0.929. The van der Waals surface area contributed by atoms with Crippen LogP contribution in [0.1, 0.15) is 46.5 Å². The van der Waals surface area contributed by atoms with Crippen molar-refractivity contribution in [3.63, 3.8) is 0 Å². The summed E-state index contributed by atoms with van der Waals surface area (Å²) in [5, 5.41) is 3.18. The summed E-state index contributed by atoms with van der Waals surface area (Å²) in [4.78, 5) is 14.7. The van der Waals surface area contributed by atoms with Gasteiger partial charge in [-0.25, -0.2) is 0 Å². The second-order valence-electron chi connectivity index (χ2n) is 6.85. The lowest BCUT2D eigenvalue weighted by Gasteiger charge is -2.34. The van der Waals surface area contributed by atoms with E-state index in [-0.39, 0.29) is 36.1 Å². The number of nitrogens with two attached hydrogens (primary N) is 1. The summed E-state index contributed by atoms with van der Waals surface area (Å²) in [6.45, 7) is 8.36. The van der Waals surface area contributed by atoms with Crippen molar-refractivity contribution in [1.29, 1.82) is 0 Å². The molecule has 1 amide bonds. The number of halogens is 2. The molecule has 0 aromatic heterocycles. The maximum Gasteiger partial charge on any atom is 0.237 e. The Balaban J connectivity index is 0.00000180. The SMILES string of the molecule is CC(C)(C)[C@H](N)C(=O)NC1CCN2CCCCC12.Cl.Cl. The van der Waals surface area contributed by atoms with Crippen molar-refractivity contribution in [2.45, 2.75) is 64.6 Å². The maximum absolute atomic E-state index is 12.2. The van der Waals surface area contributed by atoms with Gasteiger partial charge in [-0.05, 0) is 31.2 Å². The molecule has 0 spiro atoms. The van der Waals surface area contributed by atoms with Crippen molar-refractivity contribution < 1.29 is 4.79 Å². The van der Waals surface area contributed by atoms with Gasteiger partial charge >= 0.3 is 0 Å². The summed E-state index contributed by atoms with van der Waals surface area (Å²) < 4.78 is 0. The van der Waals surface area contributed by atoms with Crippen LogP contribution in [0.3, 0.4) is 0 Å². The Labute approximate surface area is 135 Å². The molecule has 0 saturated carbocycles. The highest BCUT2D eigenvalue weighted by Crippen LogP contribution is 2.27. The van der Waals surface area contributed by atoms with E-state index in [9.17, 15) is 4.79 Å². The third kappa shape index (κ3) is 4.48. The Bertz CT molecular complexity index is 320. The summed E-state index contributed by atoms with van der Waals surface area (Å²) >= 11 is 0. The third-order valence-corrected chi connectivity index (χ3v) is 4.40. The van der Waals surface area contributed by atoms with Gasteiger partial charge in [0.25, 0.3) is 0 Å². The fourth-order valence-electron chi connectivity index (χ4n) is 3.08. The lowest BCUT2D eigenvalue weighted by molar-refractivity contribution is -0.125. The van der Waals surface area contributed by atoms with E-state index in [2.05, 4.69) is 10.2 Å². The monoisotopic (exact) mass is 325 g/mol. The second-order valence-corrected chi connectivity index (χ2v) is 6.85. The van der Waals surface area contributed by atoms with E-state index in [0.29, 0.717) is 12.1 Å². The van der Waals surface area contributed by atoms with Crippen LogP contribution in [0.15, 0.2) is 0 Å². The molecule has 6 heteroatoms. The van der Waals surface area contributed by atoms with E-state index in [1.165, 1.54) is 25.8 Å². The zero-order valence-corrected chi connectivity index (χ0v) is 14.4. The van der Waals surface area contributed by atoms with E-state index < -0.39 is 6.04 Å². The Hall–Kier alpha value is -0.0300. The highest BCUT2D eigenvalue weighted by atomic mass is 35.5. The van der Waals surface area contributed by atoms with Gasteiger partial charge in [0, 0.05) is 18.6 Å². The molecule has 0 aromatic rings. The molecule has 120 valence electrons. The summed E-state index contributed by atoms with van der Waals surface area (Å²) in [6.07, 6.45) is 4.89. The quantitative estimate of drug-likeness (QED) is 0.815. The number of rotatable bonds is 2. The predicted molar refractivity (Wildman–Crippen MR) is 87.7 cm³/mol. The average Bonchev–Trinajstić information content (AvgIpc) is 2.70. The molecule has 2 unspecified atom stereocenters. The molecule has 0 aliphatic carbocycles. The van der Waals surface area contributed by atoms with Crippen molar-refractivity contribution in [2.75, 3.05) is 13.1 Å². The third-order valence-electron chi connectivity index (χ3n) is 4.40. The molecule has 3 atom stereocenters. The van der Waals surface area contributed by atoms with Gasteiger partial charge in [0.05, 0.1) is 6.04 Å². The van der Waals surface area contributed by atoms with Gasteiger partial charge in [-0.15, -0.1) is 24.8 Å². The lowest BCUT2D eigenvalue weighted by Crippen LogP contribution is -2.54. The Morgan fingerprint density at radius 3 is 2.45 bits per heavy atom. The van der Waals surface area contributed by atoms with Crippen LogP contribution in [0, 0.1) is 5.41 Å². The Kier molecular flexibility index (Phi) is 7.82. The molecule has 2 aliphatic rings. The molecule has 0 aromatic carbocycles. The standard InChI is InChI=1S/C14H27N3O.2ClH/c1-14(2,3)12(15)13(18)16-10-7-9-17-8-5-4-6-11(10)17;;/h10-12H,4-9,15H2,1-3H3,(H,16,18);2*1H/t10?,11?,12-;;/m1../s1. The lowest BCUT2D eigenvalue weighted by atomic mass is 9.86. The van der Waals surface area contributed by atoms with Crippen molar-refractivity contribution in [1.82, 2.24) is 10.2 Å². The minimum absolute atomic E-state index is 0. The van der Waals surface area contributed by atoms with Crippen LogP contribution in [-0.4, -0.2) is 42.0 Å². The van der Waals surface area contributed by atoms with Crippen LogP contribution in [-0.2, 0) is 4.79 Å². The van der Waals surface area contributed by atoms with Crippen molar-refractivity contribution in [2.24, 2.45) is 11.1 Å². The molecule has 2 rings (SSSR count). The molecule has 2 heterocycles. The second kappa shape index (κ2) is 7.83. The molecule has 4 nitrogen and oxygen atoms in total. The largest absolute Gasteiger partial charge is 0.350 e. The van der Waals surface area contributed by atoms with Crippen LogP contribution in [0.25, 0.3) is 0 Å². The van der Waals surface area contributed by atoms with Crippen LogP contribution >= 0.6 is 24.8 Å². The van der Waals surface area contributed by atoms with Crippen molar-refractivity contribution in [3.8, 4) is 0 Å². The van der Waals surface area contributed by atoms with E-state index in [1.807, 2.05) is 20.8 Å². The molecular weight excluding hydrogens is 297 g/mol. The topological polar surface area (TPSA) is 58.4 Å². The zero-order valence-electron chi connectivity index (χ0n) is 12.7.